The molecule has 1 N–H and O–H groups in total. The molecule has 0 aromatic rings. The van der Waals surface area contributed by atoms with E-state index in [1.165, 1.54) is 0 Å². The molecule has 0 amide bonds. The first-order valence-corrected chi connectivity index (χ1v) is 9.04. The summed E-state index contributed by atoms with van der Waals surface area (Å²) in [5.41, 5.74) is 1.10. The van der Waals surface area contributed by atoms with E-state index in [2.05, 4.69) is 6.92 Å². The minimum absolute atomic E-state index is 0.000406. The SMILES string of the molecule is C[C@]12CC[C@H]3[C@@H](CC(F)CC4=CC(=O)CC[C@@H]43)[C@@H]1CC[C@@H]2O. The Morgan fingerprint density at radius 1 is 1.23 bits per heavy atom. The van der Waals surface area contributed by atoms with Crippen LogP contribution in [0.25, 0.3) is 0 Å². The topological polar surface area (TPSA) is 37.3 Å². The highest BCUT2D eigenvalue weighted by atomic mass is 19.1. The maximum Gasteiger partial charge on any atom is 0.155 e. The monoisotopic (exact) mass is 306 g/mol. The van der Waals surface area contributed by atoms with Crippen LogP contribution < -0.4 is 0 Å². The summed E-state index contributed by atoms with van der Waals surface area (Å²) in [5.74, 6) is 2.01. The van der Waals surface area contributed by atoms with Crippen molar-refractivity contribution in [3.05, 3.63) is 11.6 Å². The quantitative estimate of drug-likeness (QED) is 0.738. The Kier molecular flexibility index (Phi) is 3.48. The average Bonchev–Trinajstić information content (AvgIpc) is 2.69. The predicted octanol–water partition coefficient (Wildman–Crippen LogP) is 3.83. The molecule has 1 unspecified atom stereocenters. The lowest BCUT2D eigenvalue weighted by molar-refractivity contribution is -0.115. The zero-order valence-corrected chi connectivity index (χ0v) is 13.4. The zero-order chi connectivity index (χ0) is 15.5. The van der Waals surface area contributed by atoms with Gasteiger partial charge >= 0.3 is 0 Å². The van der Waals surface area contributed by atoms with Gasteiger partial charge < -0.3 is 5.11 Å². The number of rotatable bonds is 0. The van der Waals surface area contributed by atoms with Gasteiger partial charge in [-0.15, -0.1) is 0 Å². The summed E-state index contributed by atoms with van der Waals surface area (Å²) in [5, 5.41) is 10.4. The predicted molar refractivity (Wildman–Crippen MR) is 83.0 cm³/mol. The Balaban J connectivity index is 1.69. The van der Waals surface area contributed by atoms with Gasteiger partial charge in [0.2, 0.25) is 0 Å². The van der Waals surface area contributed by atoms with E-state index < -0.39 is 6.17 Å². The van der Waals surface area contributed by atoms with Crippen molar-refractivity contribution in [1.29, 1.82) is 0 Å². The van der Waals surface area contributed by atoms with Crippen molar-refractivity contribution < 1.29 is 14.3 Å². The molecule has 4 aliphatic carbocycles. The van der Waals surface area contributed by atoms with Gasteiger partial charge in [0, 0.05) is 12.8 Å². The molecule has 4 aliphatic rings. The van der Waals surface area contributed by atoms with Crippen LogP contribution in [0.5, 0.6) is 0 Å². The smallest absolute Gasteiger partial charge is 0.155 e. The largest absolute Gasteiger partial charge is 0.393 e. The first-order chi connectivity index (χ1) is 10.5. The van der Waals surface area contributed by atoms with Gasteiger partial charge in [0.15, 0.2) is 5.78 Å². The van der Waals surface area contributed by atoms with Crippen LogP contribution in [0.2, 0.25) is 0 Å². The molecule has 0 aliphatic heterocycles. The number of ketones is 1. The van der Waals surface area contributed by atoms with Crippen LogP contribution in [0, 0.1) is 29.1 Å². The van der Waals surface area contributed by atoms with E-state index in [1.807, 2.05) is 0 Å². The number of carbonyl (C=O) groups excluding carboxylic acids is 1. The fourth-order valence-electron chi connectivity index (χ4n) is 6.33. The number of alkyl halides is 1. The number of aliphatic hydroxyl groups is 1. The number of allylic oxidation sites excluding steroid dienone is 2. The number of hydrogen-bond donors (Lipinski definition) is 1. The summed E-state index contributed by atoms with van der Waals surface area (Å²) in [6, 6.07) is 0. The molecule has 0 spiro atoms. The third kappa shape index (κ3) is 2.11. The molecule has 0 aromatic heterocycles. The Labute approximate surface area is 132 Å². The van der Waals surface area contributed by atoms with Crippen LogP contribution in [0.1, 0.15) is 58.3 Å². The van der Waals surface area contributed by atoms with E-state index in [9.17, 15) is 14.3 Å². The Morgan fingerprint density at radius 2 is 2.05 bits per heavy atom. The number of hydrogen-bond acceptors (Lipinski definition) is 2. The van der Waals surface area contributed by atoms with Gasteiger partial charge in [-0.25, -0.2) is 4.39 Å². The number of carbonyl (C=O) groups is 1. The molecule has 3 saturated carbocycles. The summed E-state index contributed by atoms with van der Waals surface area (Å²) in [6.45, 7) is 2.23. The van der Waals surface area contributed by atoms with Crippen molar-refractivity contribution in [2.24, 2.45) is 29.1 Å². The summed E-state index contributed by atoms with van der Waals surface area (Å²) in [4.78, 5) is 11.7. The Bertz CT molecular complexity index is 514. The molecule has 0 bridgehead atoms. The van der Waals surface area contributed by atoms with Gasteiger partial charge in [-0.3, -0.25) is 4.79 Å². The second-order valence-corrected chi connectivity index (χ2v) is 8.44. The van der Waals surface area contributed by atoms with Crippen LogP contribution >= 0.6 is 0 Å². The molecule has 0 saturated heterocycles. The summed E-state index contributed by atoms with van der Waals surface area (Å²) >= 11 is 0. The maximum absolute atomic E-state index is 14.6. The molecule has 122 valence electrons. The maximum atomic E-state index is 14.6. The number of halogens is 1. The van der Waals surface area contributed by atoms with Crippen LogP contribution in [0.15, 0.2) is 11.6 Å². The van der Waals surface area contributed by atoms with E-state index in [-0.39, 0.29) is 17.3 Å². The van der Waals surface area contributed by atoms with Crippen molar-refractivity contribution >= 4 is 5.78 Å². The third-order valence-electron chi connectivity index (χ3n) is 7.47. The van der Waals surface area contributed by atoms with E-state index in [4.69, 9.17) is 0 Å². The second kappa shape index (κ2) is 5.15. The average molecular weight is 306 g/mol. The molecule has 0 heterocycles. The fourth-order valence-corrected chi connectivity index (χ4v) is 6.33. The molecule has 4 rings (SSSR count). The lowest BCUT2D eigenvalue weighted by Crippen LogP contribution is -2.45. The molecule has 2 nitrogen and oxygen atoms in total. The van der Waals surface area contributed by atoms with E-state index in [0.717, 1.165) is 37.7 Å². The number of fused-ring (bicyclic) bond motifs is 5. The van der Waals surface area contributed by atoms with Crippen molar-refractivity contribution in [2.45, 2.75) is 70.6 Å². The molecular weight excluding hydrogens is 279 g/mol. The lowest BCUT2D eigenvalue weighted by Gasteiger charge is -2.49. The highest BCUT2D eigenvalue weighted by molar-refractivity contribution is 5.91. The van der Waals surface area contributed by atoms with Gasteiger partial charge in [0.1, 0.15) is 6.17 Å². The molecule has 0 radical (unpaired) electrons. The molecule has 22 heavy (non-hydrogen) atoms. The van der Waals surface area contributed by atoms with E-state index in [0.29, 0.717) is 42.9 Å². The molecule has 3 fully saturated rings. The van der Waals surface area contributed by atoms with Crippen LogP contribution in [-0.4, -0.2) is 23.2 Å². The molecular formula is C19H27FO2. The third-order valence-corrected chi connectivity index (χ3v) is 7.47. The van der Waals surface area contributed by atoms with E-state index in [1.54, 1.807) is 6.08 Å². The van der Waals surface area contributed by atoms with Crippen molar-refractivity contribution in [1.82, 2.24) is 0 Å². The van der Waals surface area contributed by atoms with Crippen molar-refractivity contribution in [3.8, 4) is 0 Å². The normalized spacial score (nSPS) is 51.4. The van der Waals surface area contributed by atoms with Gasteiger partial charge in [-0.1, -0.05) is 12.5 Å². The van der Waals surface area contributed by atoms with Crippen molar-refractivity contribution in [3.63, 3.8) is 0 Å². The Morgan fingerprint density at radius 3 is 2.86 bits per heavy atom. The highest BCUT2D eigenvalue weighted by Gasteiger charge is 2.56. The lowest BCUT2D eigenvalue weighted by atomic mass is 9.56. The fraction of sp³-hybridized carbons (Fsp3) is 0.842. The van der Waals surface area contributed by atoms with Gasteiger partial charge in [0.05, 0.1) is 6.10 Å². The minimum Gasteiger partial charge on any atom is -0.393 e. The Hall–Kier alpha value is -0.700. The van der Waals surface area contributed by atoms with Crippen LogP contribution in [0.3, 0.4) is 0 Å². The molecule has 3 heteroatoms. The molecule has 0 aromatic carbocycles. The van der Waals surface area contributed by atoms with Crippen molar-refractivity contribution in [2.75, 3.05) is 0 Å². The summed E-state index contributed by atoms with van der Waals surface area (Å²) in [7, 11) is 0. The van der Waals surface area contributed by atoms with Gasteiger partial charge in [-0.05, 0) is 73.7 Å². The minimum atomic E-state index is -0.810. The van der Waals surface area contributed by atoms with Crippen LogP contribution in [0.4, 0.5) is 4.39 Å². The van der Waals surface area contributed by atoms with E-state index >= 15 is 0 Å². The second-order valence-electron chi connectivity index (χ2n) is 8.44. The number of aliphatic hydroxyl groups excluding tert-OH is 1. The van der Waals surface area contributed by atoms with Crippen LogP contribution in [-0.2, 0) is 4.79 Å². The summed E-state index contributed by atoms with van der Waals surface area (Å²) in [6.07, 6.45) is 7.51. The first-order valence-electron chi connectivity index (χ1n) is 9.04. The van der Waals surface area contributed by atoms with Gasteiger partial charge in [0.25, 0.3) is 0 Å². The summed E-state index contributed by atoms with van der Waals surface area (Å²) < 4.78 is 14.6. The molecule has 7 atom stereocenters. The first kappa shape index (κ1) is 14.9. The zero-order valence-electron chi connectivity index (χ0n) is 13.4. The standard InChI is InChI=1S/C19H27FO2/c1-19-7-6-15-14-3-2-13(21)9-11(14)8-12(20)10-16(15)17(19)4-5-18(19)22/h9,12,14-18,22H,2-8,10H2,1H3/t12?,14-,15+,16+,17-,18-,19-/m0/s1. The van der Waals surface area contributed by atoms with Gasteiger partial charge in [-0.2, -0.15) is 0 Å². The highest BCUT2D eigenvalue weighted by Crippen LogP contribution is 2.61.